The molecule has 2 heteroatoms. The van der Waals surface area contributed by atoms with Gasteiger partial charge < -0.3 is 10.6 Å². The van der Waals surface area contributed by atoms with Gasteiger partial charge in [-0.05, 0) is 43.4 Å². The first-order valence-corrected chi connectivity index (χ1v) is 6.95. The molecule has 0 radical (unpaired) electrons. The standard InChI is InChI=1S/C13H18N2.C2H6.2H2/c1-3-11-6-10-5-9-4-8(2)14-12(9)7-13(10)15-11;1-2;;/h5,7-8,11,14-15H,3-4,6H2,1-2H3;1-2H3;2*1H. The Morgan fingerprint density at radius 1 is 1.12 bits per heavy atom. The van der Waals surface area contributed by atoms with E-state index < -0.39 is 0 Å². The zero-order valence-corrected chi connectivity index (χ0v) is 11.4. The van der Waals surface area contributed by atoms with Crippen molar-refractivity contribution in [3.8, 4) is 0 Å². The van der Waals surface area contributed by atoms with Crippen LogP contribution in [-0.2, 0) is 12.8 Å². The first kappa shape index (κ1) is 12.3. The van der Waals surface area contributed by atoms with Gasteiger partial charge in [0, 0.05) is 26.3 Å². The fourth-order valence-electron chi connectivity index (χ4n) is 2.73. The van der Waals surface area contributed by atoms with Gasteiger partial charge in [0.05, 0.1) is 0 Å². The maximum Gasteiger partial charge on any atom is 0.0396 e. The summed E-state index contributed by atoms with van der Waals surface area (Å²) in [6.45, 7) is 8.49. The van der Waals surface area contributed by atoms with Crippen molar-refractivity contribution in [1.82, 2.24) is 0 Å². The van der Waals surface area contributed by atoms with Crippen molar-refractivity contribution in [3.05, 3.63) is 23.3 Å². The highest BCUT2D eigenvalue weighted by Crippen LogP contribution is 2.36. The first-order valence-electron chi connectivity index (χ1n) is 6.95. The van der Waals surface area contributed by atoms with Gasteiger partial charge in [0.1, 0.15) is 0 Å². The minimum atomic E-state index is 0. The number of nitrogens with one attached hydrogen (secondary N) is 2. The lowest BCUT2D eigenvalue weighted by atomic mass is 10.0. The predicted octanol–water partition coefficient (Wildman–Crippen LogP) is 4.31. The van der Waals surface area contributed by atoms with Gasteiger partial charge >= 0.3 is 0 Å². The van der Waals surface area contributed by atoms with Gasteiger partial charge in [-0.1, -0.05) is 26.8 Å². The molecule has 2 nitrogen and oxygen atoms in total. The SMILES string of the molecule is CC.CCC1Cc2cc3c(cc2N1)NC(C)C3.[HH].[HH]. The molecule has 0 saturated heterocycles. The zero-order chi connectivity index (χ0) is 12.4. The number of hydrogen-bond acceptors (Lipinski definition) is 2. The molecule has 1 aromatic carbocycles. The molecule has 2 N–H and O–H groups in total. The van der Waals surface area contributed by atoms with Gasteiger partial charge in [-0.3, -0.25) is 0 Å². The Balaban J connectivity index is 0.000000776. The van der Waals surface area contributed by atoms with Crippen LogP contribution in [-0.4, -0.2) is 12.1 Å². The third kappa shape index (κ3) is 2.26. The lowest BCUT2D eigenvalue weighted by molar-refractivity contribution is 0.723. The molecular weight excluding hydrogens is 208 g/mol. The summed E-state index contributed by atoms with van der Waals surface area (Å²) in [7, 11) is 0. The normalized spacial score (nSPS) is 24.0. The fraction of sp³-hybridized carbons (Fsp3) is 0.600. The molecule has 0 aromatic heterocycles. The highest BCUT2D eigenvalue weighted by atomic mass is 15.0. The van der Waals surface area contributed by atoms with E-state index in [0.29, 0.717) is 12.1 Å². The molecule has 2 atom stereocenters. The molecule has 3 rings (SSSR count). The monoisotopic (exact) mass is 236 g/mol. The number of fused-ring (bicyclic) bond motifs is 2. The van der Waals surface area contributed by atoms with Crippen LogP contribution < -0.4 is 10.6 Å². The third-order valence-corrected chi connectivity index (χ3v) is 3.58. The quantitative estimate of drug-likeness (QED) is 0.759. The molecule has 0 aliphatic carbocycles. The Kier molecular flexibility index (Phi) is 3.60. The van der Waals surface area contributed by atoms with Crippen LogP contribution in [0.5, 0.6) is 0 Å². The maximum absolute atomic E-state index is 3.59. The van der Waals surface area contributed by atoms with Crippen molar-refractivity contribution in [2.45, 2.75) is 59.0 Å². The largest absolute Gasteiger partial charge is 0.382 e. The molecule has 2 unspecified atom stereocenters. The predicted molar refractivity (Wildman–Crippen MR) is 80.2 cm³/mol. The van der Waals surface area contributed by atoms with Crippen LogP contribution in [0.2, 0.25) is 0 Å². The van der Waals surface area contributed by atoms with E-state index in [-0.39, 0.29) is 2.85 Å². The highest BCUT2D eigenvalue weighted by Gasteiger charge is 2.24. The molecule has 2 aliphatic rings. The van der Waals surface area contributed by atoms with Crippen molar-refractivity contribution in [3.63, 3.8) is 0 Å². The lowest BCUT2D eigenvalue weighted by Gasteiger charge is -2.07. The number of hydrogen-bond donors (Lipinski definition) is 2. The van der Waals surface area contributed by atoms with Gasteiger partial charge in [-0.25, -0.2) is 0 Å². The van der Waals surface area contributed by atoms with Crippen LogP contribution in [0.4, 0.5) is 11.4 Å². The van der Waals surface area contributed by atoms with Gasteiger partial charge in [-0.2, -0.15) is 0 Å². The van der Waals surface area contributed by atoms with Crippen LogP contribution in [0.1, 0.15) is 48.1 Å². The van der Waals surface area contributed by atoms with E-state index in [1.54, 1.807) is 0 Å². The number of anilines is 2. The van der Waals surface area contributed by atoms with E-state index in [4.69, 9.17) is 0 Å². The van der Waals surface area contributed by atoms with E-state index >= 15 is 0 Å². The Labute approximate surface area is 108 Å². The topological polar surface area (TPSA) is 24.1 Å². The van der Waals surface area contributed by atoms with E-state index in [9.17, 15) is 0 Å². The second kappa shape index (κ2) is 4.99. The smallest absolute Gasteiger partial charge is 0.0396 e. The summed E-state index contributed by atoms with van der Waals surface area (Å²) < 4.78 is 0. The molecule has 0 amide bonds. The molecule has 2 heterocycles. The summed E-state index contributed by atoms with van der Waals surface area (Å²) in [4.78, 5) is 0. The summed E-state index contributed by atoms with van der Waals surface area (Å²) >= 11 is 0. The van der Waals surface area contributed by atoms with Gasteiger partial charge in [0.25, 0.3) is 0 Å². The second-order valence-electron chi connectivity index (χ2n) is 4.87. The minimum Gasteiger partial charge on any atom is -0.382 e. The number of rotatable bonds is 1. The van der Waals surface area contributed by atoms with E-state index in [0.717, 1.165) is 0 Å². The van der Waals surface area contributed by atoms with Crippen molar-refractivity contribution < 1.29 is 2.85 Å². The Bertz CT molecular complexity index is 372. The van der Waals surface area contributed by atoms with Crippen molar-refractivity contribution in [2.24, 2.45) is 0 Å². The highest BCUT2D eigenvalue weighted by molar-refractivity contribution is 5.70. The average Bonchev–Trinajstić information content (AvgIpc) is 2.89. The Morgan fingerprint density at radius 2 is 1.76 bits per heavy atom. The second-order valence-corrected chi connectivity index (χ2v) is 4.87. The molecule has 0 spiro atoms. The molecule has 98 valence electrons. The van der Waals surface area contributed by atoms with Crippen molar-refractivity contribution in [2.75, 3.05) is 10.6 Å². The molecule has 1 aromatic rings. The molecular formula is C15H28N2. The first-order chi connectivity index (χ1) is 8.26. The summed E-state index contributed by atoms with van der Waals surface area (Å²) in [6.07, 6.45) is 3.59. The van der Waals surface area contributed by atoms with Gasteiger partial charge in [0.15, 0.2) is 0 Å². The molecule has 0 bridgehead atoms. The number of benzene rings is 1. The lowest BCUT2D eigenvalue weighted by Crippen LogP contribution is -2.13. The maximum atomic E-state index is 3.59. The van der Waals surface area contributed by atoms with Crippen LogP contribution in [0.3, 0.4) is 0 Å². The third-order valence-electron chi connectivity index (χ3n) is 3.58. The van der Waals surface area contributed by atoms with E-state index in [1.807, 2.05) is 13.8 Å². The zero-order valence-electron chi connectivity index (χ0n) is 11.4. The average molecular weight is 236 g/mol. The van der Waals surface area contributed by atoms with Crippen LogP contribution in [0.25, 0.3) is 0 Å². The Morgan fingerprint density at radius 3 is 2.47 bits per heavy atom. The molecule has 17 heavy (non-hydrogen) atoms. The van der Waals surface area contributed by atoms with Gasteiger partial charge in [0.2, 0.25) is 0 Å². The van der Waals surface area contributed by atoms with Crippen molar-refractivity contribution in [1.29, 1.82) is 0 Å². The van der Waals surface area contributed by atoms with Gasteiger partial charge in [-0.15, -0.1) is 0 Å². The summed E-state index contributed by atoms with van der Waals surface area (Å²) in [5.74, 6) is 0. The Hall–Kier alpha value is -1.18. The summed E-state index contributed by atoms with van der Waals surface area (Å²) in [6, 6.07) is 5.94. The molecule has 0 fully saturated rings. The molecule has 2 aliphatic heterocycles. The van der Waals surface area contributed by atoms with Crippen LogP contribution in [0.15, 0.2) is 12.1 Å². The van der Waals surface area contributed by atoms with E-state index in [1.165, 1.54) is 41.8 Å². The molecule has 0 saturated carbocycles. The van der Waals surface area contributed by atoms with Crippen molar-refractivity contribution >= 4 is 11.4 Å². The summed E-state index contributed by atoms with van der Waals surface area (Å²) in [5.41, 5.74) is 5.70. The van der Waals surface area contributed by atoms with Crippen LogP contribution >= 0.6 is 0 Å². The summed E-state index contributed by atoms with van der Waals surface area (Å²) in [5, 5.41) is 7.11. The minimum absolute atomic E-state index is 0. The fourth-order valence-corrected chi connectivity index (χ4v) is 2.73. The van der Waals surface area contributed by atoms with E-state index in [2.05, 4.69) is 36.6 Å². The van der Waals surface area contributed by atoms with Crippen LogP contribution in [0, 0.1) is 0 Å².